The lowest BCUT2D eigenvalue weighted by molar-refractivity contribution is -0.138. The molecule has 0 bridgehead atoms. The predicted octanol–water partition coefficient (Wildman–Crippen LogP) is 4.32. The van der Waals surface area contributed by atoms with Gasteiger partial charge in [0, 0.05) is 35.1 Å². The van der Waals surface area contributed by atoms with Gasteiger partial charge >= 0.3 is 5.97 Å². The van der Waals surface area contributed by atoms with Crippen molar-refractivity contribution in [3.63, 3.8) is 0 Å². The molecule has 6 nitrogen and oxygen atoms in total. The normalized spacial score (nSPS) is 21.7. The number of esters is 1. The molecular weight excluding hydrogens is 414 g/mol. The zero-order valence-electron chi connectivity index (χ0n) is 18.5. The van der Waals surface area contributed by atoms with E-state index in [1.54, 1.807) is 11.8 Å². The number of hydrogen-bond acceptors (Lipinski definition) is 7. The van der Waals surface area contributed by atoms with Crippen LogP contribution in [0.1, 0.15) is 52.0 Å². The number of ketones is 1. The van der Waals surface area contributed by atoms with E-state index in [9.17, 15) is 9.59 Å². The van der Waals surface area contributed by atoms with Crippen LogP contribution < -0.4 is 14.8 Å². The minimum absolute atomic E-state index is 0.0701. The van der Waals surface area contributed by atoms with Crippen LogP contribution in [0, 0.1) is 5.41 Å². The summed E-state index contributed by atoms with van der Waals surface area (Å²) >= 11 is 1.72. The van der Waals surface area contributed by atoms with Crippen molar-refractivity contribution in [2.45, 2.75) is 46.5 Å². The second-order valence-electron chi connectivity index (χ2n) is 8.88. The fourth-order valence-corrected chi connectivity index (χ4v) is 5.04. The summed E-state index contributed by atoms with van der Waals surface area (Å²) in [5, 5.41) is 3.37. The zero-order chi connectivity index (χ0) is 22.2. The van der Waals surface area contributed by atoms with Gasteiger partial charge in [-0.3, -0.25) is 4.79 Å². The molecular formula is C24H29NO5S. The average Bonchev–Trinajstić information content (AvgIpc) is 3.16. The first kappa shape index (κ1) is 21.8. The van der Waals surface area contributed by atoms with Crippen LogP contribution in [-0.4, -0.2) is 36.7 Å². The molecule has 31 heavy (non-hydrogen) atoms. The Labute approximate surface area is 187 Å². The Kier molecular flexibility index (Phi) is 6.06. The van der Waals surface area contributed by atoms with Crippen LogP contribution in [-0.2, 0) is 14.3 Å². The van der Waals surface area contributed by atoms with Gasteiger partial charge in [0.05, 0.1) is 5.57 Å². The van der Waals surface area contributed by atoms with Gasteiger partial charge in [0.2, 0.25) is 6.79 Å². The van der Waals surface area contributed by atoms with Crippen molar-refractivity contribution in [3.05, 3.63) is 46.3 Å². The molecule has 0 fully saturated rings. The predicted molar refractivity (Wildman–Crippen MR) is 120 cm³/mol. The number of Topliss-reactive ketones (excluding diaryl/α,β-unsaturated/α-hetero) is 1. The first-order chi connectivity index (χ1) is 14.8. The number of dihydropyridines is 1. The van der Waals surface area contributed by atoms with E-state index >= 15 is 0 Å². The van der Waals surface area contributed by atoms with E-state index in [1.165, 1.54) is 0 Å². The number of allylic oxidation sites excluding steroid dienone is 3. The summed E-state index contributed by atoms with van der Waals surface area (Å²) in [5.41, 5.74) is 3.50. The van der Waals surface area contributed by atoms with Crippen LogP contribution >= 0.6 is 11.8 Å². The van der Waals surface area contributed by atoms with Gasteiger partial charge < -0.3 is 19.5 Å². The van der Waals surface area contributed by atoms with Crippen molar-refractivity contribution >= 4 is 23.5 Å². The number of hydrogen-bond donors (Lipinski definition) is 1. The molecule has 0 aromatic heterocycles. The maximum Gasteiger partial charge on any atom is 0.336 e. The molecule has 1 atom stereocenters. The molecule has 1 aromatic rings. The maximum absolute atomic E-state index is 13.3. The number of carbonyl (C=O) groups excluding carboxylic acids is 2. The van der Waals surface area contributed by atoms with Gasteiger partial charge in [0.25, 0.3) is 0 Å². The Morgan fingerprint density at radius 2 is 2.03 bits per heavy atom. The number of fused-ring (bicyclic) bond motifs is 1. The van der Waals surface area contributed by atoms with Gasteiger partial charge in [0.15, 0.2) is 17.3 Å². The Morgan fingerprint density at radius 1 is 1.26 bits per heavy atom. The molecule has 0 radical (unpaired) electrons. The standard InChI is InChI=1S/C24H29NO5S/c1-5-31-9-8-28-23(27)20-14(2)25-16-11-24(3,4)12-17(26)22(16)21(20)15-6-7-18-19(10-15)30-13-29-18/h6-7,10,21,25H,5,8-9,11-13H2,1-4H3/t21-/m0/s1. The van der Waals surface area contributed by atoms with Gasteiger partial charge in [0.1, 0.15) is 6.61 Å². The summed E-state index contributed by atoms with van der Waals surface area (Å²) in [6.45, 7) is 8.66. The lowest BCUT2D eigenvalue weighted by Gasteiger charge is -2.39. The third-order valence-electron chi connectivity index (χ3n) is 5.85. The minimum Gasteiger partial charge on any atom is -0.461 e. The van der Waals surface area contributed by atoms with Crippen molar-refractivity contribution in [1.82, 2.24) is 5.32 Å². The smallest absolute Gasteiger partial charge is 0.336 e. The first-order valence-corrected chi connectivity index (χ1v) is 11.8. The number of ether oxygens (including phenoxy) is 3. The Bertz CT molecular complexity index is 978. The van der Waals surface area contributed by atoms with E-state index < -0.39 is 5.92 Å². The van der Waals surface area contributed by atoms with E-state index in [2.05, 4.69) is 26.1 Å². The van der Waals surface area contributed by atoms with Crippen LogP contribution in [0.25, 0.3) is 0 Å². The van der Waals surface area contributed by atoms with Gasteiger partial charge in [-0.15, -0.1) is 0 Å². The SMILES string of the molecule is CCSCCOC(=O)C1=C(C)NC2=C(C(=O)CC(C)(C)C2)[C@H]1c1ccc2c(c1)OCO2. The second-order valence-corrected chi connectivity index (χ2v) is 10.3. The third-order valence-corrected chi connectivity index (χ3v) is 6.72. The number of benzene rings is 1. The molecule has 4 rings (SSSR count). The molecule has 1 aliphatic carbocycles. The van der Waals surface area contributed by atoms with E-state index in [1.807, 2.05) is 25.1 Å². The van der Waals surface area contributed by atoms with Crippen LogP contribution in [0.3, 0.4) is 0 Å². The summed E-state index contributed by atoms with van der Waals surface area (Å²) in [7, 11) is 0. The molecule has 0 saturated heterocycles. The summed E-state index contributed by atoms with van der Waals surface area (Å²) < 4.78 is 16.6. The quantitative estimate of drug-likeness (QED) is 0.519. The van der Waals surface area contributed by atoms with Crippen LogP contribution in [0.5, 0.6) is 11.5 Å². The molecule has 3 aliphatic rings. The number of carbonyl (C=O) groups is 2. The summed E-state index contributed by atoms with van der Waals surface area (Å²) in [6.07, 6.45) is 1.20. The van der Waals surface area contributed by atoms with Crippen molar-refractivity contribution in [2.24, 2.45) is 5.41 Å². The average molecular weight is 444 g/mol. The highest BCUT2D eigenvalue weighted by atomic mass is 32.2. The van der Waals surface area contributed by atoms with Crippen LogP contribution in [0.2, 0.25) is 0 Å². The van der Waals surface area contributed by atoms with E-state index in [4.69, 9.17) is 14.2 Å². The van der Waals surface area contributed by atoms with Crippen molar-refractivity contribution < 1.29 is 23.8 Å². The third kappa shape index (κ3) is 4.33. The van der Waals surface area contributed by atoms with Gasteiger partial charge in [-0.25, -0.2) is 4.79 Å². The first-order valence-electron chi connectivity index (χ1n) is 10.7. The van der Waals surface area contributed by atoms with Crippen molar-refractivity contribution in [3.8, 4) is 11.5 Å². The molecule has 1 aromatic carbocycles. The molecule has 0 amide bonds. The summed E-state index contributed by atoms with van der Waals surface area (Å²) in [6, 6.07) is 5.63. The molecule has 2 heterocycles. The molecule has 166 valence electrons. The van der Waals surface area contributed by atoms with E-state index in [0.29, 0.717) is 35.7 Å². The number of nitrogens with one attached hydrogen (secondary N) is 1. The van der Waals surface area contributed by atoms with Gasteiger partial charge in [-0.05, 0) is 42.2 Å². The van der Waals surface area contributed by atoms with Gasteiger partial charge in [-0.1, -0.05) is 26.8 Å². The topological polar surface area (TPSA) is 73.9 Å². The Hall–Kier alpha value is -2.41. The maximum atomic E-state index is 13.3. The fourth-order valence-electron chi connectivity index (χ4n) is 4.55. The molecule has 0 saturated carbocycles. The Morgan fingerprint density at radius 3 is 2.81 bits per heavy atom. The van der Waals surface area contributed by atoms with Crippen molar-refractivity contribution in [1.29, 1.82) is 0 Å². The summed E-state index contributed by atoms with van der Waals surface area (Å²) in [4.78, 5) is 26.5. The second kappa shape index (κ2) is 8.61. The molecule has 7 heteroatoms. The molecule has 0 unspecified atom stereocenters. The lowest BCUT2D eigenvalue weighted by Crippen LogP contribution is -2.38. The fraction of sp³-hybridized carbons (Fsp3) is 0.500. The zero-order valence-corrected chi connectivity index (χ0v) is 19.3. The summed E-state index contributed by atoms with van der Waals surface area (Å²) in [5.74, 6) is 2.23. The highest BCUT2D eigenvalue weighted by Gasteiger charge is 2.43. The van der Waals surface area contributed by atoms with Crippen LogP contribution in [0.15, 0.2) is 40.7 Å². The largest absolute Gasteiger partial charge is 0.461 e. The van der Waals surface area contributed by atoms with Crippen LogP contribution in [0.4, 0.5) is 0 Å². The minimum atomic E-state index is -0.485. The Balaban J connectivity index is 1.75. The number of rotatable bonds is 6. The van der Waals surface area contributed by atoms with E-state index in [0.717, 1.165) is 34.9 Å². The highest BCUT2D eigenvalue weighted by Crippen LogP contribution is 2.48. The lowest BCUT2D eigenvalue weighted by atomic mass is 9.68. The van der Waals surface area contributed by atoms with Gasteiger partial charge in [-0.2, -0.15) is 11.8 Å². The van der Waals surface area contributed by atoms with E-state index in [-0.39, 0.29) is 24.0 Å². The highest BCUT2D eigenvalue weighted by molar-refractivity contribution is 7.99. The number of thioether (sulfide) groups is 1. The van der Waals surface area contributed by atoms with Crippen molar-refractivity contribution in [2.75, 3.05) is 24.9 Å². The molecule has 1 N–H and O–H groups in total. The molecule has 0 spiro atoms. The monoisotopic (exact) mass is 443 g/mol. The molecule has 2 aliphatic heterocycles.